The number of hydrogen-bond acceptors (Lipinski definition) is 4. The van der Waals surface area contributed by atoms with Crippen molar-refractivity contribution >= 4 is 11.6 Å². The lowest BCUT2D eigenvalue weighted by molar-refractivity contribution is -0.116. The summed E-state index contributed by atoms with van der Waals surface area (Å²) in [6, 6.07) is 11.7. The summed E-state index contributed by atoms with van der Waals surface area (Å²) in [7, 11) is 3.21. The first kappa shape index (κ1) is 18.7. The van der Waals surface area contributed by atoms with Gasteiger partial charge in [-0.3, -0.25) is 4.79 Å². The van der Waals surface area contributed by atoms with Crippen LogP contribution in [0.4, 0.5) is 10.1 Å². The molecule has 25 heavy (non-hydrogen) atoms. The third-order valence-corrected chi connectivity index (χ3v) is 3.68. The number of hydrogen-bond donors (Lipinski definition) is 2. The molecule has 0 fully saturated rings. The van der Waals surface area contributed by atoms with Crippen LogP contribution in [-0.2, 0) is 11.2 Å². The molecule has 0 aliphatic heterocycles. The fraction of sp³-hybridized carbons (Fsp3) is 0.316. The van der Waals surface area contributed by atoms with Gasteiger partial charge < -0.3 is 20.1 Å². The van der Waals surface area contributed by atoms with Crippen LogP contribution in [0, 0.1) is 5.82 Å². The third kappa shape index (κ3) is 6.08. The van der Waals surface area contributed by atoms with E-state index in [9.17, 15) is 9.18 Å². The van der Waals surface area contributed by atoms with Gasteiger partial charge in [0.2, 0.25) is 5.91 Å². The average Bonchev–Trinajstić information content (AvgIpc) is 2.61. The lowest BCUT2D eigenvalue weighted by Gasteiger charge is -2.10. The second kappa shape index (κ2) is 9.64. The van der Waals surface area contributed by atoms with Crippen molar-refractivity contribution in [2.24, 2.45) is 0 Å². The van der Waals surface area contributed by atoms with Crippen LogP contribution in [0.1, 0.15) is 12.0 Å². The minimum Gasteiger partial charge on any atom is -0.493 e. The van der Waals surface area contributed by atoms with E-state index in [0.29, 0.717) is 30.2 Å². The van der Waals surface area contributed by atoms with E-state index in [1.807, 2.05) is 18.2 Å². The van der Waals surface area contributed by atoms with Crippen LogP contribution in [0.25, 0.3) is 0 Å². The minimum absolute atomic E-state index is 0.149. The summed E-state index contributed by atoms with van der Waals surface area (Å²) in [4.78, 5) is 11.8. The topological polar surface area (TPSA) is 59.6 Å². The Kier molecular flexibility index (Phi) is 7.22. The molecule has 0 bridgehead atoms. The number of benzene rings is 2. The minimum atomic E-state index is -0.370. The number of rotatable bonds is 9. The van der Waals surface area contributed by atoms with E-state index in [4.69, 9.17) is 9.47 Å². The van der Waals surface area contributed by atoms with Crippen molar-refractivity contribution in [2.75, 3.05) is 32.6 Å². The molecule has 0 unspecified atom stereocenters. The van der Waals surface area contributed by atoms with E-state index in [0.717, 1.165) is 18.5 Å². The van der Waals surface area contributed by atoms with Crippen molar-refractivity contribution in [2.45, 2.75) is 12.8 Å². The zero-order valence-electron chi connectivity index (χ0n) is 14.5. The summed E-state index contributed by atoms with van der Waals surface area (Å²) in [6.07, 6.45) is 1.13. The molecular weight excluding hydrogens is 323 g/mol. The highest BCUT2D eigenvalue weighted by Gasteiger charge is 2.05. The number of anilines is 1. The Bertz CT molecular complexity index is 707. The molecule has 0 saturated carbocycles. The van der Waals surface area contributed by atoms with Crippen LogP contribution in [-0.4, -0.2) is 33.2 Å². The molecule has 0 spiro atoms. The maximum absolute atomic E-state index is 13.1. The predicted octanol–water partition coefficient (Wildman–Crippen LogP) is 3.00. The van der Waals surface area contributed by atoms with Gasteiger partial charge in [0.1, 0.15) is 5.82 Å². The van der Waals surface area contributed by atoms with Gasteiger partial charge in [-0.15, -0.1) is 0 Å². The number of carbonyl (C=O) groups is 1. The molecule has 5 nitrogen and oxygen atoms in total. The zero-order valence-corrected chi connectivity index (χ0v) is 14.5. The molecule has 0 atom stereocenters. The number of halogens is 1. The molecule has 2 aromatic rings. The van der Waals surface area contributed by atoms with E-state index in [1.165, 1.54) is 12.1 Å². The van der Waals surface area contributed by atoms with Gasteiger partial charge in [0, 0.05) is 18.7 Å². The van der Waals surface area contributed by atoms with Crippen molar-refractivity contribution in [3.8, 4) is 11.5 Å². The van der Waals surface area contributed by atoms with Gasteiger partial charge in [0.15, 0.2) is 11.5 Å². The average molecular weight is 346 g/mol. The SMILES string of the molecule is COc1ccc(CCNCCC(=O)Nc2cccc(F)c2)cc1OC. The molecular formula is C19H23FN2O3. The van der Waals surface area contributed by atoms with Crippen LogP contribution >= 0.6 is 0 Å². The summed E-state index contributed by atoms with van der Waals surface area (Å²) >= 11 is 0. The maximum Gasteiger partial charge on any atom is 0.225 e. The van der Waals surface area contributed by atoms with Gasteiger partial charge in [-0.25, -0.2) is 4.39 Å². The highest BCUT2D eigenvalue weighted by Crippen LogP contribution is 2.27. The Hall–Kier alpha value is -2.60. The van der Waals surface area contributed by atoms with Gasteiger partial charge in [-0.1, -0.05) is 12.1 Å². The quantitative estimate of drug-likeness (QED) is 0.685. The Morgan fingerprint density at radius 1 is 1.04 bits per heavy atom. The number of carbonyl (C=O) groups excluding carboxylic acids is 1. The van der Waals surface area contributed by atoms with Crippen molar-refractivity contribution < 1.29 is 18.7 Å². The standard InChI is InChI=1S/C19H23FN2O3/c1-24-17-7-6-14(12-18(17)25-2)8-10-21-11-9-19(23)22-16-5-3-4-15(20)13-16/h3-7,12-13,21H,8-11H2,1-2H3,(H,22,23). The van der Waals surface area contributed by atoms with Gasteiger partial charge in [0.25, 0.3) is 0 Å². The Morgan fingerprint density at radius 3 is 2.56 bits per heavy atom. The molecule has 6 heteroatoms. The van der Waals surface area contributed by atoms with E-state index in [-0.39, 0.29) is 11.7 Å². The number of ether oxygens (including phenoxy) is 2. The lowest BCUT2D eigenvalue weighted by atomic mass is 10.1. The monoisotopic (exact) mass is 346 g/mol. The molecule has 2 rings (SSSR count). The first-order chi connectivity index (χ1) is 12.1. The van der Waals surface area contributed by atoms with Crippen molar-refractivity contribution in [1.82, 2.24) is 5.32 Å². The van der Waals surface area contributed by atoms with Gasteiger partial charge >= 0.3 is 0 Å². The Labute approximate surface area is 147 Å². The molecule has 0 saturated heterocycles. The van der Waals surface area contributed by atoms with Crippen molar-refractivity contribution in [1.29, 1.82) is 0 Å². The van der Waals surface area contributed by atoms with Crippen LogP contribution in [0.15, 0.2) is 42.5 Å². The van der Waals surface area contributed by atoms with E-state index in [1.54, 1.807) is 26.4 Å². The third-order valence-electron chi connectivity index (χ3n) is 3.68. The summed E-state index contributed by atoms with van der Waals surface area (Å²) < 4.78 is 23.5. The first-order valence-corrected chi connectivity index (χ1v) is 8.09. The molecule has 0 aromatic heterocycles. The zero-order chi connectivity index (χ0) is 18.1. The van der Waals surface area contributed by atoms with Gasteiger partial charge in [-0.05, 0) is 48.9 Å². The van der Waals surface area contributed by atoms with E-state index >= 15 is 0 Å². The van der Waals surface area contributed by atoms with Crippen LogP contribution < -0.4 is 20.1 Å². The van der Waals surface area contributed by atoms with E-state index in [2.05, 4.69) is 10.6 Å². The normalized spacial score (nSPS) is 10.4. The Balaban J connectivity index is 1.68. The van der Waals surface area contributed by atoms with Gasteiger partial charge in [0.05, 0.1) is 14.2 Å². The first-order valence-electron chi connectivity index (χ1n) is 8.09. The van der Waals surface area contributed by atoms with Gasteiger partial charge in [-0.2, -0.15) is 0 Å². The molecule has 2 N–H and O–H groups in total. The number of amides is 1. The predicted molar refractivity (Wildman–Crippen MR) is 95.8 cm³/mol. The van der Waals surface area contributed by atoms with Crippen LogP contribution in [0.5, 0.6) is 11.5 Å². The second-order valence-corrected chi connectivity index (χ2v) is 5.50. The fourth-order valence-corrected chi connectivity index (χ4v) is 2.39. The van der Waals surface area contributed by atoms with Crippen LogP contribution in [0.2, 0.25) is 0 Å². The van der Waals surface area contributed by atoms with Crippen molar-refractivity contribution in [3.63, 3.8) is 0 Å². The number of methoxy groups -OCH3 is 2. The maximum atomic E-state index is 13.1. The molecule has 0 aliphatic rings. The van der Waals surface area contributed by atoms with Crippen molar-refractivity contribution in [3.05, 3.63) is 53.8 Å². The fourth-order valence-electron chi connectivity index (χ4n) is 2.39. The molecule has 2 aromatic carbocycles. The summed E-state index contributed by atoms with van der Waals surface area (Å²) in [5.74, 6) is 0.887. The van der Waals surface area contributed by atoms with E-state index < -0.39 is 0 Å². The summed E-state index contributed by atoms with van der Waals surface area (Å²) in [5, 5.41) is 5.89. The number of nitrogens with one attached hydrogen (secondary N) is 2. The highest BCUT2D eigenvalue weighted by molar-refractivity contribution is 5.90. The molecule has 0 aliphatic carbocycles. The lowest BCUT2D eigenvalue weighted by Crippen LogP contribution is -2.23. The molecule has 1 amide bonds. The summed E-state index contributed by atoms with van der Waals surface area (Å²) in [6.45, 7) is 1.29. The molecule has 134 valence electrons. The summed E-state index contributed by atoms with van der Waals surface area (Å²) in [5.41, 5.74) is 1.59. The van der Waals surface area contributed by atoms with Crippen LogP contribution in [0.3, 0.4) is 0 Å². The molecule has 0 heterocycles. The highest BCUT2D eigenvalue weighted by atomic mass is 19.1. The Morgan fingerprint density at radius 2 is 1.84 bits per heavy atom. The second-order valence-electron chi connectivity index (χ2n) is 5.50. The smallest absolute Gasteiger partial charge is 0.225 e. The largest absolute Gasteiger partial charge is 0.493 e. The molecule has 0 radical (unpaired) electrons.